The Morgan fingerprint density at radius 1 is 1.10 bits per heavy atom. The Bertz CT molecular complexity index is 636. The average molecular weight is 285 g/mol. The van der Waals surface area contributed by atoms with Gasteiger partial charge in [0.25, 0.3) is 0 Å². The zero-order valence-electron chi connectivity index (χ0n) is 11.0. The first kappa shape index (κ1) is 14.2. The molecule has 0 N–H and O–H groups in total. The van der Waals surface area contributed by atoms with E-state index in [0.29, 0.717) is 5.02 Å². The second kappa shape index (κ2) is 6.79. The van der Waals surface area contributed by atoms with Gasteiger partial charge in [-0.3, -0.25) is 4.79 Å². The molecular weight excluding hydrogens is 272 g/mol. The van der Waals surface area contributed by atoms with Crippen molar-refractivity contribution in [2.24, 2.45) is 0 Å². The van der Waals surface area contributed by atoms with Crippen molar-refractivity contribution in [3.8, 4) is 11.8 Å². The second-order valence-corrected chi connectivity index (χ2v) is 4.61. The largest absolute Gasteiger partial charge is 0.444 e. The highest BCUT2D eigenvalue weighted by atomic mass is 35.5. The van der Waals surface area contributed by atoms with Crippen molar-refractivity contribution in [3.63, 3.8) is 0 Å². The topological polar surface area (TPSA) is 26.3 Å². The fourth-order valence-corrected chi connectivity index (χ4v) is 1.78. The average Bonchev–Trinajstić information content (AvgIpc) is 2.45. The molecule has 0 radical (unpaired) electrons. The van der Waals surface area contributed by atoms with Crippen LogP contribution in [0.5, 0.6) is 0 Å². The van der Waals surface area contributed by atoms with E-state index in [0.717, 1.165) is 11.1 Å². The van der Waals surface area contributed by atoms with Crippen molar-refractivity contribution in [3.05, 3.63) is 70.7 Å². The van der Waals surface area contributed by atoms with Gasteiger partial charge in [0.2, 0.25) is 0 Å². The molecule has 0 aliphatic heterocycles. The van der Waals surface area contributed by atoms with Gasteiger partial charge in [0.1, 0.15) is 0 Å². The van der Waals surface area contributed by atoms with Gasteiger partial charge >= 0.3 is 5.97 Å². The first-order chi connectivity index (χ1) is 9.65. The Labute approximate surface area is 123 Å². The van der Waals surface area contributed by atoms with Gasteiger partial charge in [0, 0.05) is 23.1 Å². The fourth-order valence-electron chi connectivity index (χ4n) is 1.65. The van der Waals surface area contributed by atoms with E-state index in [1.165, 1.54) is 6.92 Å². The lowest BCUT2D eigenvalue weighted by Crippen LogP contribution is -2.06. The van der Waals surface area contributed by atoms with Crippen molar-refractivity contribution in [2.45, 2.75) is 13.0 Å². The number of benzene rings is 2. The van der Waals surface area contributed by atoms with Crippen molar-refractivity contribution >= 4 is 17.6 Å². The van der Waals surface area contributed by atoms with E-state index in [1.807, 2.05) is 30.3 Å². The van der Waals surface area contributed by atoms with Crippen LogP contribution in [-0.4, -0.2) is 5.97 Å². The molecule has 0 bridgehead atoms. The number of hydrogen-bond donors (Lipinski definition) is 0. The molecular formula is C17H13ClO2. The SMILES string of the molecule is CC(=O)OC(C#Cc1ccccc1)c1ccc(Cl)cc1. The van der Waals surface area contributed by atoms with Crippen LogP contribution in [0.2, 0.25) is 5.02 Å². The van der Waals surface area contributed by atoms with Gasteiger partial charge in [-0.2, -0.15) is 0 Å². The molecule has 0 spiro atoms. The Morgan fingerprint density at radius 3 is 2.35 bits per heavy atom. The Morgan fingerprint density at radius 2 is 1.75 bits per heavy atom. The van der Waals surface area contributed by atoms with E-state index < -0.39 is 6.10 Å². The maximum absolute atomic E-state index is 11.2. The van der Waals surface area contributed by atoms with Gasteiger partial charge in [-0.1, -0.05) is 47.9 Å². The predicted molar refractivity (Wildman–Crippen MR) is 79.3 cm³/mol. The van der Waals surface area contributed by atoms with E-state index in [1.54, 1.807) is 24.3 Å². The summed E-state index contributed by atoms with van der Waals surface area (Å²) in [5.74, 6) is 5.60. The fraction of sp³-hybridized carbons (Fsp3) is 0.118. The van der Waals surface area contributed by atoms with Crippen LogP contribution in [0.25, 0.3) is 0 Å². The Kier molecular flexibility index (Phi) is 4.81. The molecule has 0 fully saturated rings. The summed E-state index contributed by atoms with van der Waals surface area (Å²) in [6, 6.07) is 16.6. The first-order valence-electron chi connectivity index (χ1n) is 6.14. The minimum Gasteiger partial charge on any atom is -0.444 e. The molecule has 20 heavy (non-hydrogen) atoms. The minimum atomic E-state index is -0.593. The van der Waals surface area contributed by atoms with Crippen LogP contribution in [-0.2, 0) is 9.53 Å². The summed E-state index contributed by atoms with van der Waals surface area (Å²) in [6.45, 7) is 1.37. The zero-order valence-corrected chi connectivity index (χ0v) is 11.7. The number of ether oxygens (including phenoxy) is 1. The third-order valence-corrected chi connectivity index (χ3v) is 2.83. The lowest BCUT2D eigenvalue weighted by Gasteiger charge is -2.11. The smallest absolute Gasteiger partial charge is 0.304 e. The van der Waals surface area contributed by atoms with Crippen LogP contribution < -0.4 is 0 Å². The molecule has 0 saturated heterocycles. The van der Waals surface area contributed by atoms with Crippen LogP contribution in [0, 0.1) is 11.8 Å². The highest BCUT2D eigenvalue weighted by Gasteiger charge is 2.11. The maximum Gasteiger partial charge on any atom is 0.304 e. The van der Waals surface area contributed by atoms with E-state index >= 15 is 0 Å². The monoisotopic (exact) mass is 284 g/mol. The zero-order chi connectivity index (χ0) is 14.4. The summed E-state index contributed by atoms with van der Waals surface area (Å²) in [5.41, 5.74) is 1.67. The van der Waals surface area contributed by atoms with Gasteiger partial charge in [-0.05, 0) is 30.2 Å². The first-order valence-corrected chi connectivity index (χ1v) is 6.52. The summed E-state index contributed by atoms with van der Waals surface area (Å²) in [5, 5.41) is 0.631. The van der Waals surface area contributed by atoms with Gasteiger partial charge in [-0.15, -0.1) is 0 Å². The quantitative estimate of drug-likeness (QED) is 0.615. The van der Waals surface area contributed by atoms with E-state index in [9.17, 15) is 4.79 Å². The van der Waals surface area contributed by atoms with Crippen LogP contribution in [0.3, 0.4) is 0 Å². The normalized spacial score (nSPS) is 11.1. The van der Waals surface area contributed by atoms with Crippen LogP contribution >= 0.6 is 11.6 Å². The summed E-state index contributed by atoms with van der Waals surface area (Å²) in [6.07, 6.45) is -0.593. The highest BCUT2D eigenvalue weighted by Crippen LogP contribution is 2.19. The molecule has 0 amide bonds. The Hall–Kier alpha value is -2.24. The number of hydrogen-bond acceptors (Lipinski definition) is 2. The lowest BCUT2D eigenvalue weighted by molar-refractivity contribution is -0.144. The summed E-state index contributed by atoms with van der Waals surface area (Å²) >= 11 is 5.85. The number of halogens is 1. The molecule has 0 saturated carbocycles. The molecule has 0 aliphatic rings. The number of rotatable bonds is 2. The number of carbonyl (C=O) groups is 1. The van der Waals surface area contributed by atoms with Crippen LogP contribution in [0.4, 0.5) is 0 Å². The molecule has 3 heteroatoms. The third-order valence-electron chi connectivity index (χ3n) is 2.58. The molecule has 2 rings (SSSR count). The summed E-state index contributed by atoms with van der Waals surface area (Å²) < 4.78 is 5.24. The van der Waals surface area contributed by atoms with Gasteiger partial charge in [0.15, 0.2) is 6.10 Å². The minimum absolute atomic E-state index is 0.368. The van der Waals surface area contributed by atoms with E-state index in [2.05, 4.69) is 11.8 Å². The molecule has 2 aromatic rings. The van der Waals surface area contributed by atoms with Crippen molar-refractivity contribution in [1.29, 1.82) is 0 Å². The molecule has 2 aromatic carbocycles. The molecule has 2 nitrogen and oxygen atoms in total. The third kappa shape index (κ3) is 4.15. The van der Waals surface area contributed by atoms with Gasteiger partial charge < -0.3 is 4.74 Å². The maximum atomic E-state index is 11.2. The molecule has 0 aliphatic carbocycles. The molecule has 0 aromatic heterocycles. The molecule has 1 atom stereocenters. The van der Waals surface area contributed by atoms with E-state index in [4.69, 9.17) is 16.3 Å². The predicted octanol–water partition coefficient (Wildman–Crippen LogP) is 4.00. The molecule has 100 valence electrons. The van der Waals surface area contributed by atoms with Crippen LogP contribution in [0.1, 0.15) is 24.2 Å². The molecule has 0 heterocycles. The van der Waals surface area contributed by atoms with Crippen LogP contribution in [0.15, 0.2) is 54.6 Å². The van der Waals surface area contributed by atoms with Gasteiger partial charge in [-0.25, -0.2) is 0 Å². The van der Waals surface area contributed by atoms with Crippen molar-refractivity contribution < 1.29 is 9.53 Å². The summed E-state index contributed by atoms with van der Waals surface area (Å²) in [7, 11) is 0. The van der Waals surface area contributed by atoms with Crippen molar-refractivity contribution in [1.82, 2.24) is 0 Å². The molecule has 1 unspecified atom stereocenters. The highest BCUT2D eigenvalue weighted by molar-refractivity contribution is 6.30. The second-order valence-electron chi connectivity index (χ2n) is 4.18. The standard InChI is InChI=1S/C17H13ClO2/c1-13(19)20-17(15-8-10-16(18)11-9-15)12-7-14-5-3-2-4-6-14/h2-6,8-11,17H,1H3. The van der Waals surface area contributed by atoms with Gasteiger partial charge in [0.05, 0.1) is 0 Å². The van der Waals surface area contributed by atoms with E-state index in [-0.39, 0.29) is 5.97 Å². The number of carbonyl (C=O) groups excluding carboxylic acids is 1. The summed E-state index contributed by atoms with van der Waals surface area (Å²) in [4.78, 5) is 11.2. The lowest BCUT2D eigenvalue weighted by atomic mass is 10.1. The number of esters is 1. The Balaban J connectivity index is 2.27. The van der Waals surface area contributed by atoms with Crippen molar-refractivity contribution in [2.75, 3.05) is 0 Å².